The third kappa shape index (κ3) is 3.42. The number of halogens is 1. The van der Waals surface area contributed by atoms with Gasteiger partial charge in [-0.3, -0.25) is 4.79 Å². The van der Waals surface area contributed by atoms with E-state index >= 15 is 0 Å². The largest absolute Gasteiger partial charge is 0.385 e. The summed E-state index contributed by atoms with van der Waals surface area (Å²) in [5.74, 6) is 0.319. The molecule has 0 aromatic rings. The Morgan fingerprint density at radius 2 is 2.62 bits per heavy atom. The van der Waals surface area contributed by atoms with Crippen LogP contribution < -0.4 is 11.2 Å². The van der Waals surface area contributed by atoms with E-state index in [-0.39, 0.29) is 11.7 Å². The Hall–Kier alpha value is -0.770. The number of hydrogen-bond donors (Lipinski definition) is 2. The number of nitrogens with two attached hydrogens (primary N) is 1. The zero-order valence-corrected chi connectivity index (χ0v) is 4.85. The number of amidine groups is 1. The lowest BCUT2D eigenvalue weighted by atomic mass is 10.7. The fourth-order valence-corrected chi connectivity index (χ4v) is 0.199. The normalized spacial score (nSPS) is 10.9. The molecule has 0 bridgehead atoms. The molecule has 0 saturated carbocycles. The molecule has 3 N–H and O–H groups in total. The van der Waals surface area contributed by atoms with Gasteiger partial charge in [-0.05, 0) is 0 Å². The molecule has 0 heterocycles. The van der Waals surface area contributed by atoms with Gasteiger partial charge in [0, 0.05) is 0 Å². The molecule has 0 radical (unpaired) electrons. The van der Waals surface area contributed by atoms with Crippen LogP contribution in [0.4, 0.5) is 0 Å². The summed E-state index contributed by atoms with van der Waals surface area (Å²) in [6.45, 7) is 0. The van der Waals surface area contributed by atoms with E-state index in [0.29, 0.717) is 6.41 Å². The highest BCUT2D eigenvalue weighted by Gasteiger charge is 1.82. The number of carbonyl (C=O) groups excluding carboxylic acids is 1. The van der Waals surface area contributed by atoms with E-state index in [1.54, 1.807) is 0 Å². The SMILES string of the molecule is N/C(CCl)=N/NC=O. The summed E-state index contributed by atoms with van der Waals surface area (Å²) in [7, 11) is 0. The molecule has 4 nitrogen and oxygen atoms in total. The Labute approximate surface area is 51.7 Å². The fourth-order valence-electron chi connectivity index (χ4n) is 0.139. The molecular weight excluding hydrogens is 130 g/mol. The van der Waals surface area contributed by atoms with Gasteiger partial charge in [0.05, 0.1) is 5.88 Å². The van der Waals surface area contributed by atoms with Crippen LogP contribution in [-0.4, -0.2) is 18.1 Å². The van der Waals surface area contributed by atoms with E-state index in [1.807, 2.05) is 5.43 Å². The molecule has 46 valence electrons. The molecule has 0 aliphatic heterocycles. The summed E-state index contributed by atoms with van der Waals surface area (Å²) in [5.41, 5.74) is 7.05. The van der Waals surface area contributed by atoms with Crippen molar-refractivity contribution in [2.75, 3.05) is 5.88 Å². The van der Waals surface area contributed by atoms with Gasteiger partial charge in [-0.25, -0.2) is 5.43 Å². The van der Waals surface area contributed by atoms with Crippen LogP contribution in [0.5, 0.6) is 0 Å². The van der Waals surface area contributed by atoms with Crippen LogP contribution in [0.15, 0.2) is 5.10 Å². The zero-order valence-electron chi connectivity index (χ0n) is 4.10. The molecule has 0 aliphatic carbocycles. The van der Waals surface area contributed by atoms with Crippen molar-refractivity contribution in [3.05, 3.63) is 0 Å². The van der Waals surface area contributed by atoms with Gasteiger partial charge in [-0.1, -0.05) is 0 Å². The molecule has 0 rings (SSSR count). The standard InChI is InChI=1S/C3H6ClN3O/c4-1-3(5)7-6-2-8/h2H,1H2,(H2,5,7)(H,6,8). The van der Waals surface area contributed by atoms with E-state index in [2.05, 4.69) is 5.10 Å². The van der Waals surface area contributed by atoms with Crippen LogP contribution in [0.1, 0.15) is 0 Å². The predicted octanol–water partition coefficient (Wildman–Crippen LogP) is -0.757. The molecule has 0 saturated heterocycles. The van der Waals surface area contributed by atoms with E-state index < -0.39 is 0 Å². The molecule has 8 heavy (non-hydrogen) atoms. The van der Waals surface area contributed by atoms with Crippen molar-refractivity contribution < 1.29 is 4.79 Å². The highest BCUT2D eigenvalue weighted by Crippen LogP contribution is 1.70. The molecule has 0 spiro atoms. The second kappa shape index (κ2) is 4.39. The maximum Gasteiger partial charge on any atom is 0.227 e. The number of hydrogen-bond acceptors (Lipinski definition) is 2. The average Bonchev–Trinajstić information content (AvgIpc) is 1.83. The molecule has 1 amide bonds. The molecule has 0 atom stereocenters. The molecule has 0 unspecified atom stereocenters. The number of nitrogens with one attached hydrogen (secondary N) is 1. The fraction of sp³-hybridized carbons (Fsp3) is 0.333. The molecule has 0 aliphatic rings. The predicted molar refractivity (Wildman–Crippen MR) is 31.5 cm³/mol. The summed E-state index contributed by atoms with van der Waals surface area (Å²) in [6, 6.07) is 0. The van der Waals surface area contributed by atoms with Crippen LogP contribution in [0.3, 0.4) is 0 Å². The third-order valence-corrected chi connectivity index (χ3v) is 0.672. The van der Waals surface area contributed by atoms with Crippen molar-refractivity contribution in [2.45, 2.75) is 0 Å². The number of amides is 1. The quantitative estimate of drug-likeness (QED) is 0.176. The second-order valence-electron chi connectivity index (χ2n) is 0.984. The minimum Gasteiger partial charge on any atom is -0.385 e. The summed E-state index contributed by atoms with van der Waals surface area (Å²) in [5, 5.41) is 3.31. The van der Waals surface area contributed by atoms with Gasteiger partial charge in [-0.15, -0.1) is 11.6 Å². The highest BCUT2D eigenvalue weighted by atomic mass is 35.5. The molecule has 0 fully saturated rings. The van der Waals surface area contributed by atoms with Gasteiger partial charge in [0.25, 0.3) is 0 Å². The van der Waals surface area contributed by atoms with Crippen LogP contribution in [-0.2, 0) is 4.79 Å². The first-order valence-electron chi connectivity index (χ1n) is 1.88. The molecular formula is C3H6ClN3O. The first kappa shape index (κ1) is 7.23. The van der Waals surface area contributed by atoms with Crippen molar-refractivity contribution in [3.8, 4) is 0 Å². The van der Waals surface area contributed by atoms with Gasteiger partial charge in [0.2, 0.25) is 6.41 Å². The van der Waals surface area contributed by atoms with E-state index in [0.717, 1.165) is 0 Å². The van der Waals surface area contributed by atoms with E-state index in [9.17, 15) is 4.79 Å². The number of hydrazone groups is 1. The highest BCUT2D eigenvalue weighted by molar-refractivity contribution is 6.27. The Bertz CT molecular complexity index is 103. The van der Waals surface area contributed by atoms with Gasteiger partial charge in [0.1, 0.15) is 5.84 Å². The monoisotopic (exact) mass is 135 g/mol. The Balaban J connectivity index is 3.40. The van der Waals surface area contributed by atoms with Crippen LogP contribution in [0.25, 0.3) is 0 Å². The molecule has 0 aromatic carbocycles. The third-order valence-electron chi connectivity index (χ3n) is 0.398. The van der Waals surface area contributed by atoms with E-state index in [1.165, 1.54) is 0 Å². The topological polar surface area (TPSA) is 67.5 Å². The number of alkyl halides is 1. The van der Waals surface area contributed by atoms with Crippen molar-refractivity contribution in [1.29, 1.82) is 0 Å². The van der Waals surface area contributed by atoms with Crippen LogP contribution >= 0.6 is 11.6 Å². The summed E-state index contributed by atoms with van der Waals surface area (Å²) in [4.78, 5) is 9.51. The summed E-state index contributed by atoms with van der Waals surface area (Å²) < 4.78 is 0. The van der Waals surface area contributed by atoms with Crippen molar-refractivity contribution in [1.82, 2.24) is 5.43 Å². The average molecular weight is 136 g/mol. The zero-order chi connectivity index (χ0) is 6.41. The number of carbonyl (C=O) groups is 1. The second-order valence-corrected chi connectivity index (χ2v) is 1.25. The van der Waals surface area contributed by atoms with E-state index in [4.69, 9.17) is 17.3 Å². The van der Waals surface area contributed by atoms with Crippen molar-refractivity contribution in [2.24, 2.45) is 10.8 Å². The minimum absolute atomic E-state index is 0.126. The number of rotatable bonds is 3. The van der Waals surface area contributed by atoms with Gasteiger partial charge in [-0.2, -0.15) is 5.10 Å². The first-order valence-corrected chi connectivity index (χ1v) is 2.42. The Morgan fingerprint density at radius 1 is 2.00 bits per heavy atom. The molecule has 0 aromatic heterocycles. The lowest BCUT2D eigenvalue weighted by Gasteiger charge is -1.88. The van der Waals surface area contributed by atoms with Crippen LogP contribution in [0.2, 0.25) is 0 Å². The van der Waals surface area contributed by atoms with Gasteiger partial charge >= 0.3 is 0 Å². The lowest BCUT2D eigenvalue weighted by molar-refractivity contribution is -0.109. The summed E-state index contributed by atoms with van der Waals surface area (Å²) in [6.07, 6.45) is 0.416. The summed E-state index contributed by atoms with van der Waals surface area (Å²) >= 11 is 5.18. The lowest BCUT2D eigenvalue weighted by Crippen LogP contribution is -2.18. The minimum atomic E-state index is 0.126. The number of nitrogens with zero attached hydrogens (tertiary/aromatic N) is 1. The Kier molecular flexibility index (Phi) is 3.97. The van der Waals surface area contributed by atoms with Crippen LogP contribution in [0, 0.1) is 0 Å². The maximum atomic E-state index is 9.51. The van der Waals surface area contributed by atoms with Crippen molar-refractivity contribution in [3.63, 3.8) is 0 Å². The first-order chi connectivity index (χ1) is 3.81. The van der Waals surface area contributed by atoms with Gasteiger partial charge in [0.15, 0.2) is 0 Å². The molecule has 5 heteroatoms. The maximum absolute atomic E-state index is 9.51. The van der Waals surface area contributed by atoms with Crippen molar-refractivity contribution >= 4 is 23.8 Å². The van der Waals surface area contributed by atoms with Gasteiger partial charge < -0.3 is 5.73 Å². The smallest absolute Gasteiger partial charge is 0.227 e. The Morgan fingerprint density at radius 3 is 3.00 bits per heavy atom.